The Balaban J connectivity index is 2.51. The lowest BCUT2D eigenvalue weighted by atomic mass is 10.1. The van der Waals surface area contributed by atoms with E-state index < -0.39 is 5.37 Å². The zero-order chi connectivity index (χ0) is 10.3. The highest BCUT2D eigenvalue weighted by atomic mass is 35.5. The summed E-state index contributed by atoms with van der Waals surface area (Å²) in [6, 6.07) is 1.96. The van der Waals surface area contributed by atoms with E-state index >= 15 is 0 Å². The molecule has 0 saturated carbocycles. The molecule has 0 N–H and O–H groups in total. The van der Waals surface area contributed by atoms with Gasteiger partial charge in [-0.2, -0.15) is 0 Å². The largest absolute Gasteiger partial charge is 0.320 e. The molecule has 0 aromatic carbocycles. The number of carbonyl (C=O) groups excluding carboxylic acids is 1. The van der Waals surface area contributed by atoms with Crippen LogP contribution in [-0.2, 0) is 6.54 Å². The van der Waals surface area contributed by atoms with Crippen LogP contribution in [-0.4, -0.2) is 10.3 Å². The van der Waals surface area contributed by atoms with Crippen LogP contribution in [0.2, 0.25) is 0 Å². The van der Waals surface area contributed by atoms with Gasteiger partial charge in [-0.1, -0.05) is 11.6 Å². The molecule has 74 valence electrons. The lowest BCUT2D eigenvalue weighted by Crippen LogP contribution is -2.26. The molecule has 14 heavy (non-hydrogen) atoms. The van der Waals surface area contributed by atoms with Gasteiger partial charge in [-0.25, -0.2) is 0 Å². The molecule has 0 aliphatic carbocycles. The standard InChI is InChI=1S/C9H7Cl2NOS/c1-5-8(10)6-2-3-14-7(6)4-12(5)9(11)13/h2-3H,4H2,1H3. The molecule has 1 aliphatic heterocycles. The first-order valence-corrected chi connectivity index (χ1v) is 5.65. The summed E-state index contributed by atoms with van der Waals surface area (Å²) in [5.41, 5.74) is 1.74. The van der Waals surface area contributed by atoms with E-state index in [2.05, 4.69) is 0 Å². The van der Waals surface area contributed by atoms with Gasteiger partial charge in [0.15, 0.2) is 0 Å². The van der Waals surface area contributed by atoms with Crippen LogP contribution in [0.15, 0.2) is 17.1 Å². The van der Waals surface area contributed by atoms with E-state index in [1.807, 2.05) is 11.4 Å². The van der Waals surface area contributed by atoms with Crippen LogP contribution in [0.5, 0.6) is 0 Å². The minimum absolute atomic E-state index is 0.486. The zero-order valence-electron chi connectivity index (χ0n) is 7.38. The lowest BCUT2D eigenvalue weighted by Gasteiger charge is -2.25. The molecule has 0 atom stereocenters. The third kappa shape index (κ3) is 1.45. The van der Waals surface area contributed by atoms with Crippen molar-refractivity contribution in [3.05, 3.63) is 27.6 Å². The quantitative estimate of drug-likeness (QED) is 0.504. The molecule has 0 radical (unpaired) electrons. The maximum Gasteiger partial charge on any atom is 0.320 e. The third-order valence-electron chi connectivity index (χ3n) is 2.22. The van der Waals surface area contributed by atoms with Gasteiger partial charge in [-0.15, -0.1) is 11.3 Å². The van der Waals surface area contributed by atoms with Crippen molar-refractivity contribution in [1.82, 2.24) is 4.90 Å². The summed E-state index contributed by atoms with van der Waals surface area (Å²) in [5.74, 6) is 0. The summed E-state index contributed by atoms with van der Waals surface area (Å²) in [6.07, 6.45) is 0. The maximum absolute atomic E-state index is 11.1. The van der Waals surface area contributed by atoms with Gasteiger partial charge in [0.05, 0.1) is 11.6 Å². The first-order chi connectivity index (χ1) is 6.61. The van der Waals surface area contributed by atoms with E-state index in [4.69, 9.17) is 23.2 Å². The summed E-state index contributed by atoms with van der Waals surface area (Å²) in [6.45, 7) is 2.32. The van der Waals surface area contributed by atoms with Crippen molar-refractivity contribution in [2.45, 2.75) is 13.5 Å². The molecular formula is C9H7Cl2NOS. The minimum Gasteiger partial charge on any atom is -0.296 e. The second-order valence-electron chi connectivity index (χ2n) is 3.00. The van der Waals surface area contributed by atoms with Gasteiger partial charge in [0.1, 0.15) is 0 Å². The molecule has 0 unspecified atom stereocenters. The Morgan fingerprint density at radius 1 is 1.64 bits per heavy atom. The second-order valence-corrected chi connectivity index (χ2v) is 4.70. The minimum atomic E-state index is -0.486. The van der Waals surface area contributed by atoms with Crippen molar-refractivity contribution in [2.24, 2.45) is 0 Å². The number of nitrogens with zero attached hydrogens (tertiary/aromatic N) is 1. The summed E-state index contributed by atoms with van der Waals surface area (Å²) >= 11 is 13.1. The first-order valence-electron chi connectivity index (χ1n) is 4.01. The van der Waals surface area contributed by atoms with Crippen LogP contribution < -0.4 is 0 Å². The molecule has 0 bridgehead atoms. The Morgan fingerprint density at radius 2 is 2.36 bits per heavy atom. The maximum atomic E-state index is 11.1. The smallest absolute Gasteiger partial charge is 0.296 e. The van der Waals surface area contributed by atoms with Gasteiger partial charge in [0.2, 0.25) is 0 Å². The van der Waals surface area contributed by atoms with Crippen LogP contribution in [0, 0.1) is 0 Å². The van der Waals surface area contributed by atoms with Gasteiger partial charge in [-0.3, -0.25) is 9.69 Å². The number of hydrogen-bond acceptors (Lipinski definition) is 2. The Kier molecular flexibility index (Phi) is 2.56. The second kappa shape index (κ2) is 3.57. The average Bonchev–Trinajstić information content (AvgIpc) is 2.58. The first kappa shape index (κ1) is 10.0. The molecule has 1 amide bonds. The lowest BCUT2D eigenvalue weighted by molar-refractivity contribution is 0.232. The van der Waals surface area contributed by atoms with E-state index in [9.17, 15) is 4.79 Å². The van der Waals surface area contributed by atoms with E-state index in [1.54, 1.807) is 18.3 Å². The van der Waals surface area contributed by atoms with Crippen LogP contribution in [0.4, 0.5) is 4.79 Å². The Hall–Kier alpha value is -0.510. The molecule has 0 spiro atoms. The Morgan fingerprint density at radius 3 is 3.00 bits per heavy atom. The van der Waals surface area contributed by atoms with Gasteiger partial charge in [0, 0.05) is 16.1 Å². The normalized spacial score (nSPS) is 15.8. The number of rotatable bonds is 0. The Bertz CT molecular complexity index is 424. The van der Waals surface area contributed by atoms with Crippen molar-refractivity contribution in [3.8, 4) is 0 Å². The zero-order valence-corrected chi connectivity index (χ0v) is 9.71. The van der Waals surface area contributed by atoms with Crippen LogP contribution in [0.1, 0.15) is 17.4 Å². The molecular weight excluding hydrogens is 241 g/mol. The van der Waals surface area contributed by atoms with Gasteiger partial charge in [-0.05, 0) is 30.0 Å². The monoisotopic (exact) mass is 247 g/mol. The summed E-state index contributed by atoms with van der Waals surface area (Å²) in [7, 11) is 0. The fourth-order valence-corrected chi connectivity index (χ4v) is 2.82. The summed E-state index contributed by atoms with van der Waals surface area (Å²) in [4.78, 5) is 13.6. The summed E-state index contributed by atoms with van der Waals surface area (Å²) in [5, 5.41) is 2.09. The number of halogens is 2. The molecule has 1 aliphatic rings. The van der Waals surface area contributed by atoms with E-state index in [0.29, 0.717) is 11.6 Å². The fourth-order valence-electron chi connectivity index (χ4n) is 1.43. The molecule has 1 aromatic rings. The topological polar surface area (TPSA) is 20.3 Å². The van der Waals surface area contributed by atoms with Crippen molar-refractivity contribution in [2.75, 3.05) is 0 Å². The number of thiophene rings is 1. The highest BCUT2D eigenvalue weighted by molar-refractivity contribution is 7.10. The molecule has 5 heteroatoms. The third-order valence-corrected chi connectivity index (χ3v) is 3.81. The molecule has 2 rings (SSSR count). The van der Waals surface area contributed by atoms with Crippen molar-refractivity contribution >= 4 is 44.9 Å². The number of allylic oxidation sites excluding steroid dienone is 1. The van der Waals surface area contributed by atoms with E-state index in [-0.39, 0.29) is 0 Å². The average molecular weight is 248 g/mol. The number of fused-ring (bicyclic) bond motifs is 1. The van der Waals surface area contributed by atoms with Gasteiger partial charge < -0.3 is 0 Å². The highest BCUT2D eigenvalue weighted by Crippen LogP contribution is 2.37. The van der Waals surface area contributed by atoms with Crippen LogP contribution in [0.25, 0.3) is 5.03 Å². The van der Waals surface area contributed by atoms with Crippen LogP contribution in [0.3, 0.4) is 0 Å². The molecule has 0 saturated heterocycles. The molecule has 2 nitrogen and oxygen atoms in total. The fraction of sp³-hybridized carbons (Fsp3) is 0.222. The van der Waals surface area contributed by atoms with Gasteiger partial charge in [0.25, 0.3) is 0 Å². The van der Waals surface area contributed by atoms with Crippen molar-refractivity contribution < 1.29 is 4.79 Å². The van der Waals surface area contributed by atoms with Crippen molar-refractivity contribution in [3.63, 3.8) is 0 Å². The number of carbonyl (C=O) groups is 1. The highest BCUT2D eigenvalue weighted by Gasteiger charge is 2.25. The molecule has 2 heterocycles. The predicted molar refractivity (Wildman–Crippen MR) is 59.6 cm³/mol. The molecule has 0 fully saturated rings. The van der Waals surface area contributed by atoms with Gasteiger partial charge >= 0.3 is 5.37 Å². The SMILES string of the molecule is CC1=C(Cl)c2ccsc2CN1C(=O)Cl. The number of hydrogen-bond donors (Lipinski definition) is 0. The Labute approximate surface area is 95.7 Å². The molecule has 1 aromatic heterocycles. The van der Waals surface area contributed by atoms with E-state index in [0.717, 1.165) is 16.1 Å². The number of amides is 1. The van der Waals surface area contributed by atoms with E-state index in [1.165, 1.54) is 4.90 Å². The van der Waals surface area contributed by atoms with Crippen LogP contribution >= 0.6 is 34.5 Å². The van der Waals surface area contributed by atoms with Crippen molar-refractivity contribution in [1.29, 1.82) is 0 Å². The summed E-state index contributed by atoms with van der Waals surface area (Å²) < 4.78 is 0. The predicted octanol–water partition coefficient (Wildman–Crippen LogP) is 3.85.